The highest BCUT2D eigenvalue weighted by Crippen LogP contribution is 2.30. The van der Waals surface area contributed by atoms with Crippen LogP contribution in [0.2, 0.25) is 0 Å². The maximum atomic E-state index is 12.4. The molecule has 1 aliphatic heterocycles. The molecule has 0 spiro atoms. The Kier molecular flexibility index (Phi) is 4.40. The van der Waals surface area contributed by atoms with Gasteiger partial charge in [-0.15, -0.1) is 0 Å². The lowest BCUT2D eigenvalue weighted by Crippen LogP contribution is -2.49. The van der Waals surface area contributed by atoms with Gasteiger partial charge in [-0.05, 0) is 25.8 Å². The summed E-state index contributed by atoms with van der Waals surface area (Å²) in [7, 11) is 2.08. The Balaban J connectivity index is 1.58. The largest absolute Gasteiger partial charge is 0.374 e. The second-order valence-corrected chi connectivity index (χ2v) is 5.92. The molecule has 1 saturated heterocycles. The second-order valence-electron chi connectivity index (χ2n) is 5.92. The molecule has 0 aromatic carbocycles. The molecular weight excluding hydrogens is 272 g/mol. The van der Waals surface area contributed by atoms with Crippen molar-refractivity contribution in [3.05, 3.63) is 12.3 Å². The van der Waals surface area contributed by atoms with E-state index in [4.69, 9.17) is 9.26 Å². The number of hydrogen-bond donors (Lipinski definition) is 1. The molecule has 116 valence electrons. The van der Waals surface area contributed by atoms with E-state index in [-0.39, 0.29) is 12.1 Å². The Labute approximate surface area is 124 Å². The highest BCUT2D eigenvalue weighted by Gasteiger charge is 2.30. The standard InChI is InChI=1S/C14H22N4O3/c1-17-5-7-20-12(9-17)10-18(8-11-2-3-11)14(19)15-13-4-6-21-16-13/h4,6,11-12H,2-3,5,7-10H2,1H3,(H,15,16,19)/t12-/m1/s1. The number of ether oxygens (including phenoxy) is 1. The summed E-state index contributed by atoms with van der Waals surface area (Å²) in [6.07, 6.45) is 3.93. The molecule has 1 saturated carbocycles. The molecule has 3 rings (SSSR count). The van der Waals surface area contributed by atoms with E-state index in [2.05, 4.69) is 22.4 Å². The van der Waals surface area contributed by atoms with Crippen molar-refractivity contribution in [2.45, 2.75) is 18.9 Å². The van der Waals surface area contributed by atoms with Crippen molar-refractivity contribution in [3.8, 4) is 0 Å². The van der Waals surface area contributed by atoms with E-state index >= 15 is 0 Å². The summed E-state index contributed by atoms with van der Waals surface area (Å²) in [5, 5.41) is 6.49. The Morgan fingerprint density at radius 3 is 3.05 bits per heavy atom. The summed E-state index contributed by atoms with van der Waals surface area (Å²) < 4.78 is 10.5. The van der Waals surface area contributed by atoms with Gasteiger partial charge in [-0.3, -0.25) is 5.32 Å². The first kappa shape index (κ1) is 14.3. The Bertz CT molecular complexity index is 461. The topological polar surface area (TPSA) is 70.8 Å². The molecule has 21 heavy (non-hydrogen) atoms. The lowest BCUT2D eigenvalue weighted by molar-refractivity contribution is -0.0302. The molecule has 7 heteroatoms. The van der Waals surface area contributed by atoms with Gasteiger partial charge in [0.1, 0.15) is 6.26 Å². The zero-order valence-corrected chi connectivity index (χ0v) is 12.3. The first-order valence-corrected chi connectivity index (χ1v) is 7.47. The number of aromatic nitrogens is 1. The maximum absolute atomic E-state index is 12.4. The molecule has 0 unspecified atom stereocenters. The molecule has 2 amide bonds. The molecule has 0 bridgehead atoms. The SMILES string of the molecule is CN1CCO[C@@H](CN(CC2CC2)C(=O)Nc2ccon2)C1. The van der Waals surface area contributed by atoms with E-state index in [0.717, 1.165) is 26.2 Å². The number of carbonyl (C=O) groups is 1. The molecule has 7 nitrogen and oxygen atoms in total. The van der Waals surface area contributed by atoms with E-state index in [0.29, 0.717) is 18.3 Å². The van der Waals surface area contributed by atoms with Crippen LogP contribution >= 0.6 is 0 Å². The summed E-state index contributed by atoms with van der Waals surface area (Å²) >= 11 is 0. The van der Waals surface area contributed by atoms with Gasteiger partial charge >= 0.3 is 6.03 Å². The van der Waals surface area contributed by atoms with Crippen molar-refractivity contribution in [3.63, 3.8) is 0 Å². The van der Waals surface area contributed by atoms with Crippen molar-refractivity contribution in [2.24, 2.45) is 5.92 Å². The highest BCUT2D eigenvalue weighted by molar-refractivity contribution is 5.88. The van der Waals surface area contributed by atoms with Gasteiger partial charge in [0.25, 0.3) is 0 Å². The highest BCUT2D eigenvalue weighted by atomic mass is 16.5. The average molecular weight is 294 g/mol. The van der Waals surface area contributed by atoms with Crippen molar-refractivity contribution in [1.82, 2.24) is 15.0 Å². The average Bonchev–Trinajstić information content (AvgIpc) is 3.13. The van der Waals surface area contributed by atoms with Crippen LogP contribution in [0, 0.1) is 5.92 Å². The third-order valence-electron chi connectivity index (χ3n) is 3.90. The molecular formula is C14H22N4O3. The van der Waals surface area contributed by atoms with Gasteiger partial charge in [0, 0.05) is 32.2 Å². The second kappa shape index (κ2) is 6.44. The van der Waals surface area contributed by atoms with Crippen molar-refractivity contribution in [1.29, 1.82) is 0 Å². The molecule has 2 aliphatic rings. The lowest BCUT2D eigenvalue weighted by Gasteiger charge is -2.33. The van der Waals surface area contributed by atoms with Crippen LogP contribution in [0.1, 0.15) is 12.8 Å². The van der Waals surface area contributed by atoms with E-state index in [1.54, 1.807) is 6.07 Å². The number of nitrogens with one attached hydrogen (secondary N) is 1. The molecule has 0 radical (unpaired) electrons. The predicted molar refractivity (Wildman–Crippen MR) is 77.1 cm³/mol. The normalized spacial score (nSPS) is 23.0. The number of likely N-dealkylation sites (N-methyl/N-ethyl adjacent to an activating group) is 1. The van der Waals surface area contributed by atoms with E-state index in [9.17, 15) is 4.79 Å². The van der Waals surface area contributed by atoms with Crippen molar-refractivity contribution >= 4 is 11.8 Å². The van der Waals surface area contributed by atoms with Gasteiger partial charge in [0.05, 0.1) is 12.7 Å². The molecule has 1 N–H and O–H groups in total. The Morgan fingerprint density at radius 2 is 2.38 bits per heavy atom. The van der Waals surface area contributed by atoms with Crippen LogP contribution < -0.4 is 5.32 Å². The third-order valence-corrected chi connectivity index (χ3v) is 3.90. The lowest BCUT2D eigenvalue weighted by atomic mass is 10.2. The summed E-state index contributed by atoms with van der Waals surface area (Å²) in [5.74, 6) is 1.08. The minimum absolute atomic E-state index is 0.0746. The minimum Gasteiger partial charge on any atom is -0.374 e. The monoisotopic (exact) mass is 294 g/mol. The third kappa shape index (κ3) is 4.18. The molecule has 1 aliphatic carbocycles. The smallest absolute Gasteiger partial charge is 0.323 e. The number of amides is 2. The Hall–Kier alpha value is -1.60. The van der Waals surface area contributed by atoms with Gasteiger partial charge in [-0.2, -0.15) is 0 Å². The van der Waals surface area contributed by atoms with E-state index < -0.39 is 0 Å². The number of anilines is 1. The van der Waals surface area contributed by atoms with Crippen LogP contribution in [0.15, 0.2) is 16.9 Å². The predicted octanol–water partition coefficient (Wildman–Crippen LogP) is 1.25. The molecule has 2 heterocycles. The summed E-state index contributed by atoms with van der Waals surface area (Å²) in [6, 6.07) is 1.51. The van der Waals surface area contributed by atoms with Crippen LogP contribution in [0.3, 0.4) is 0 Å². The molecule has 1 atom stereocenters. The fourth-order valence-electron chi connectivity index (χ4n) is 2.54. The summed E-state index contributed by atoms with van der Waals surface area (Å²) in [4.78, 5) is 16.5. The van der Waals surface area contributed by atoms with Crippen molar-refractivity contribution < 1.29 is 14.1 Å². The quantitative estimate of drug-likeness (QED) is 0.885. The summed E-state index contributed by atoms with van der Waals surface area (Å²) in [5.41, 5.74) is 0. The summed E-state index contributed by atoms with van der Waals surface area (Å²) in [6.45, 7) is 3.93. The Morgan fingerprint density at radius 1 is 1.52 bits per heavy atom. The zero-order chi connectivity index (χ0) is 14.7. The van der Waals surface area contributed by atoms with Crippen LogP contribution in [0.5, 0.6) is 0 Å². The fourth-order valence-corrected chi connectivity index (χ4v) is 2.54. The number of urea groups is 1. The van der Waals surface area contributed by atoms with Crippen LogP contribution in [0.25, 0.3) is 0 Å². The van der Waals surface area contributed by atoms with Crippen LogP contribution in [-0.4, -0.2) is 66.9 Å². The van der Waals surface area contributed by atoms with E-state index in [1.165, 1.54) is 19.1 Å². The maximum Gasteiger partial charge on any atom is 0.323 e. The van der Waals surface area contributed by atoms with Crippen LogP contribution in [0.4, 0.5) is 10.6 Å². The first-order chi connectivity index (χ1) is 10.2. The molecule has 1 aromatic rings. The molecule has 2 fully saturated rings. The first-order valence-electron chi connectivity index (χ1n) is 7.47. The fraction of sp³-hybridized carbons (Fsp3) is 0.714. The number of rotatable bonds is 5. The van der Waals surface area contributed by atoms with Crippen LogP contribution in [-0.2, 0) is 4.74 Å². The number of hydrogen-bond acceptors (Lipinski definition) is 5. The molecule has 1 aromatic heterocycles. The van der Waals surface area contributed by atoms with E-state index in [1.807, 2.05) is 4.90 Å². The van der Waals surface area contributed by atoms with Crippen molar-refractivity contribution in [2.75, 3.05) is 45.2 Å². The van der Waals surface area contributed by atoms with Gasteiger partial charge in [0.15, 0.2) is 5.82 Å². The minimum atomic E-state index is -0.132. The number of morpholine rings is 1. The zero-order valence-electron chi connectivity index (χ0n) is 12.3. The number of carbonyl (C=O) groups excluding carboxylic acids is 1. The van der Waals surface area contributed by atoms with Gasteiger partial charge in [-0.25, -0.2) is 4.79 Å². The number of nitrogens with zero attached hydrogens (tertiary/aromatic N) is 3. The van der Waals surface area contributed by atoms with Gasteiger partial charge in [0.2, 0.25) is 0 Å². The van der Waals surface area contributed by atoms with Gasteiger partial charge in [-0.1, -0.05) is 5.16 Å². The van der Waals surface area contributed by atoms with Gasteiger partial charge < -0.3 is 19.1 Å².